The monoisotopic (exact) mass is 231 g/mol. The molecule has 0 fully saturated rings. The van der Waals surface area contributed by atoms with Crippen LogP contribution in [0.5, 0.6) is 5.75 Å². The Bertz CT molecular complexity index is 669. The summed E-state index contributed by atoms with van der Waals surface area (Å²) < 4.78 is 7.89. The molecule has 1 heterocycles. The van der Waals surface area contributed by atoms with Crippen LogP contribution in [-0.4, -0.2) is 7.11 Å². The summed E-state index contributed by atoms with van der Waals surface area (Å²) in [6, 6.07) is 3.87. The van der Waals surface area contributed by atoms with Crippen LogP contribution in [0.1, 0.15) is 12.8 Å². The van der Waals surface area contributed by atoms with Gasteiger partial charge in [-0.25, -0.2) is 0 Å². The van der Waals surface area contributed by atoms with E-state index >= 15 is 0 Å². The molecule has 0 atom stereocenters. The van der Waals surface area contributed by atoms with E-state index in [9.17, 15) is 0 Å². The van der Waals surface area contributed by atoms with Crippen molar-refractivity contribution in [1.82, 2.24) is 0 Å². The third-order valence-electron chi connectivity index (χ3n) is 2.97. The van der Waals surface area contributed by atoms with Crippen LogP contribution in [0.3, 0.4) is 0 Å². The second-order valence-corrected chi connectivity index (χ2v) is 4.98. The van der Waals surface area contributed by atoms with Gasteiger partial charge in [0.15, 0.2) is 0 Å². The molecule has 2 N–H and O–H groups in total. The third kappa shape index (κ3) is 1.25. The number of hydrogen-bond acceptors (Lipinski definition) is 3. The van der Waals surface area contributed by atoms with E-state index in [1.165, 1.54) is 14.5 Å². The number of ether oxygens (including phenoxy) is 1. The number of thiophene rings is 1. The molecular weight excluding hydrogens is 218 g/mol. The fraction of sp³-hybridized carbons (Fsp3) is 0.231. The number of fused-ring (bicyclic) bond motifs is 3. The Morgan fingerprint density at radius 1 is 1.25 bits per heavy atom. The molecule has 1 aromatic heterocycles. The fourth-order valence-corrected chi connectivity index (χ4v) is 3.50. The number of rotatable bonds is 1. The molecule has 0 bridgehead atoms. The molecular formula is C13H13NOS. The first kappa shape index (κ1) is 9.73. The van der Waals surface area contributed by atoms with Crippen molar-refractivity contribution < 1.29 is 4.74 Å². The van der Waals surface area contributed by atoms with Gasteiger partial charge in [-0.3, -0.25) is 0 Å². The first-order chi connectivity index (χ1) is 7.81. The van der Waals surface area contributed by atoms with E-state index in [1.807, 2.05) is 12.1 Å². The molecule has 2 nitrogen and oxygen atoms in total. The lowest BCUT2D eigenvalue weighted by Gasteiger charge is -2.03. The van der Waals surface area contributed by atoms with Crippen LogP contribution >= 0.6 is 11.3 Å². The molecule has 3 rings (SSSR count). The van der Waals surface area contributed by atoms with Crippen molar-refractivity contribution in [3.63, 3.8) is 0 Å². The van der Waals surface area contributed by atoms with Crippen LogP contribution in [-0.2, 0) is 0 Å². The number of nitrogens with two attached hydrogens (primary N) is 1. The van der Waals surface area contributed by atoms with Crippen molar-refractivity contribution >= 4 is 39.3 Å². The highest BCUT2D eigenvalue weighted by molar-refractivity contribution is 7.17. The highest BCUT2D eigenvalue weighted by Gasteiger charge is 2.10. The summed E-state index contributed by atoms with van der Waals surface area (Å²) in [7, 11) is 1.71. The first-order valence-electron chi connectivity index (χ1n) is 5.36. The molecule has 1 aromatic carbocycles. The third-order valence-corrected chi connectivity index (χ3v) is 4.18. The Balaban J connectivity index is 2.57. The van der Waals surface area contributed by atoms with Gasteiger partial charge in [-0.1, -0.05) is 12.2 Å². The number of benzene rings is 1. The Morgan fingerprint density at radius 3 is 2.88 bits per heavy atom. The highest BCUT2D eigenvalue weighted by Crippen LogP contribution is 2.30. The quantitative estimate of drug-likeness (QED) is 0.760. The van der Waals surface area contributed by atoms with Gasteiger partial charge in [0.2, 0.25) is 0 Å². The van der Waals surface area contributed by atoms with Gasteiger partial charge in [0.1, 0.15) is 5.75 Å². The normalized spacial score (nSPS) is 14.1. The standard InChI is InChI=1S/C13H13NOS/c1-15-10-7-6-9(14)12-8-4-2-3-5-11(8)16-13(10)12/h4-7H,2-3,14H2,1H3. The minimum absolute atomic E-state index is 0.847. The van der Waals surface area contributed by atoms with Crippen LogP contribution in [0.25, 0.3) is 22.2 Å². The molecule has 0 unspecified atom stereocenters. The summed E-state index contributed by atoms with van der Waals surface area (Å²) in [6.07, 6.45) is 6.81. The SMILES string of the molecule is COc1ccc(N)c2c3c(sc12)=CCCC=3. The van der Waals surface area contributed by atoms with E-state index in [1.54, 1.807) is 18.4 Å². The lowest BCUT2D eigenvalue weighted by Crippen LogP contribution is -2.21. The average Bonchev–Trinajstić information content (AvgIpc) is 2.69. The average molecular weight is 231 g/mol. The fourth-order valence-electron chi connectivity index (χ4n) is 2.20. The minimum Gasteiger partial charge on any atom is -0.495 e. The molecule has 2 aromatic rings. The van der Waals surface area contributed by atoms with Crippen molar-refractivity contribution in [2.75, 3.05) is 12.8 Å². The topological polar surface area (TPSA) is 35.2 Å². The van der Waals surface area contributed by atoms with Gasteiger partial charge in [0.25, 0.3) is 0 Å². The van der Waals surface area contributed by atoms with Gasteiger partial charge < -0.3 is 10.5 Å². The van der Waals surface area contributed by atoms with Gasteiger partial charge in [0.05, 0.1) is 11.8 Å². The van der Waals surface area contributed by atoms with Crippen LogP contribution in [0, 0.1) is 0 Å². The van der Waals surface area contributed by atoms with Crippen molar-refractivity contribution in [2.45, 2.75) is 12.8 Å². The molecule has 1 aliphatic carbocycles. The molecule has 1 aliphatic rings. The zero-order chi connectivity index (χ0) is 11.1. The van der Waals surface area contributed by atoms with Crippen molar-refractivity contribution in [3.05, 3.63) is 21.9 Å². The molecule has 0 radical (unpaired) electrons. The lowest BCUT2D eigenvalue weighted by molar-refractivity contribution is 0.420. The van der Waals surface area contributed by atoms with Crippen LogP contribution < -0.4 is 20.2 Å². The largest absolute Gasteiger partial charge is 0.495 e. The van der Waals surface area contributed by atoms with E-state index in [2.05, 4.69) is 12.2 Å². The molecule has 0 saturated carbocycles. The van der Waals surface area contributed by atoms with Crippen LogP contribution in [0.2, 0.25) is 0 Å². The Kier molecular flexibility index (Phi) is 2.14. The van der Waals surface area contributed by atoms with E-state index in [4.69, 9.17) is 10.5 Å². The van der Waals surface area contributed by atoms with Gasteiger partial charge in [0, 0.05) is 15.6 Å². The van der Waals surface area contributed by atoms with Crippen LogP contribution in [0.4, 0.5) is 5.69 Å². The molecule has 0 saturated heterocycles. The molecule has 0 aliphatic heterocycles. The van der Waals surface area contributed by atoms with Crippen molar-refractivity contribution in [1.29, 1.82) is 0 Å². The van der Waals surface area contributed by atoms with E-state index in [0.29, 0.717) is 0 Å². The summed E-state index contributed by atoms with van der Waals surface area (Å²) >= 11 is 1.77. The van der Waals surface area contributed by atoms with E-state index in [-0.39, 0.29) is 0 Å². The summed E-state index contributed by atoms with van der Waals surface area (Å²) in [5, 5.41) is 2.46. The van der Waals surface area contributed by atoms with Crippen molar-refractivity contribution in [3.8, 4) is 5.75 Å². The Labute approximate surface area is 97.6 Å². The van der Waals surface area contributed by atoms with Gasteiger partial charge in [-0.05, 0) is 30.2 Å². The molecule has 16 heavy (non-hydrogen) atoms. The van der Waals surface area contributed by atoms with Gasteiger partial charge in [-0.2, -0.15) is 0 Å². The number of anilines is 1. The molecule has 82 valence electrons. The maximum atomic E-state index is 6.07. The maximum Gasteiger partial charge on any atom is 0.136 e. The zero-order valence-electron chi connectivity index (χ0n) is 9.12. The number of methoxy groups -OCH3 is 1. The Hall–Kier alpha value is -1.48. The first-order valence-corrected chi connectivity index (χ1v) is 6.18. The van der Waals surface area contributed by atoms with Crippen LogP contribution in [0.15, 0.2) is 12.1 Å². The summed E-state index contributed by atoms with van der Waals surface area (Å²) in [5.41, 5.74) is 6.91. The van der Waals surface area contributed by atoms with E-state index < -0.39 is 0 Å². The Morgan fingerprint density at radius 2 is 2.06 bits per heavy atom. The smallest absolute Gasteiger partial charge is 0.136 e. The maximum absolute atomic E-state index is 6.07. The molecule has 0 amide bonds. The highest BCUT2D eigenvalue weighted by atomic mass is 32.1. The summed E-state index contributed by atoms with van der Waals surface area (Å²) in [5.74, 6) is 0.922. The van der Waals surface area contributed by atoms with Gasteiger partial charge in [-0.15, -0.1) is 11.3 Å². The second kappa shape index (κ2) is 3.52. The summed E-state index contributed by atoms with van der Waals surface area (Å²) in [6.45, 7) is 0. The minimum atomic E-state index is 0.847. The lowest BCUT2D eigenvalue weighted by atomic mass is 10.1. The zero-order valence-corrected chi connectivity index (χ0v) is 9.93. The molecule has 0 spiro atoms. The van der Waals surface area contributed by atoms with Crippen molar-refractivity contribution in [2.24, 2.45) is 0 Å². The second-order valence-electron chi connectivity index (χ2n) is 3.93. The molecule has 3 heteroatoms. The summed E-state index contributed by atoms with van der Waals surface area (Å²) in [4.78, 5) is 0. The van der Waals surface area contributed by atoms with Gasteiger partial charge >= 0.3 is 0 Å². The predicted octanol–water partition coefficient (Wildman–Crippen LogP) is 1.85. The van der Waals surface area contributed by atoms with E-state index in [0.717, 1.165) is 29.7 Å². The predicted molar refractivity (Wildman–Crippen MR) is 70.2 cm³/mol. The number of nitrogen functional groups attached to an aromatic ring is 1. The number of hydrogen-bond donors (Lipinski definition) is 1.